The lowest BCUT2D eigenvalue weighted by atomic mass is 10.0. The number of ether oxygens (including phenoxy) is 3. The number of sulfonamides is 1. The fourth-order valence-electron chi connectivity index (χ4n) is 5.95. The first-order chi connectivity index (χ1) is 20.8. The maximum Gasteiger partial charge on any atom is 0.407 e. The van der Waals surface area contributed by atoms with Crippen molar-refractivity contribution in [3.05, 3.63) is 54.1 Å². The van der Waals surface area contributed by atoms with Crippen LogP contribution in [0.15, 0.2) is 53.4 Å². The summed E-state index contributed by atoms with van der Waals surface area (Å²) in [5.74, 6) is 0.120. The molecule has 5 N–H and O–H groups in total. The number of fused-ring (bicyclic) bond motifs is 2. The van der Waals surface area contributed by atoms with E-state index in [1.165, 1.54) is 12.1 Å². The second kappa shape index (κ2) is 12.8. The third-order valence-corrected chi connectivity index (χ3v) is 9.97. The molecule has 1 amide bonds. The van der Waals surface area contributed by atoms with Gasteiger partial charge in [-0.3, -0.25) is 9.94 Å². The van der Waals surface area contributed by atoms with Gasteiger partial charge in [0.1, 0.15) is 6.10 Å². The average molecular weight is 616 g/mol. The Labute approximate surface area is 249 Å². The number of aliphatic hydroxyl groups excluding tert-OH is 1. The molecule has 2 aromatic carbocycles. The first-order valence-corrected chi connectivity index (χ1v) is 16.1. The number of nitrogens with zero attached hydrogens (tertiary/aromatic N) is 2. The van der Waals surface area contributed by atoms with Gasteiger partial charge >= 0.3 is 6.09 Å². The third-order valence-electron chi connectivity index (χ3n) is 8.34. The number of hydrogen-bond acceptors (Lipinski definition) is 10. The molecule has 5 atom stereocenters. The number of aromatic amines is 1. The van der Waals surface area contributed by atoms with E-state index in [9.17, 15) is 18.3 Å². The van der Waals surface area contributed by atoms with E-state index < -0.39 is 40.9 Å². The van der Waals surface area contributed by atoms with Gasteiger partial charge < -0.3 is 30.4 Å². The van der Waals surface area contributed by atoms with Gasteiger partial charge in [0.2, 0.25) is 0 Å². The van der Waals surface area contributed by atoms with E-state index in [0.717, 1.165) is 29.3 Å². The lowest BCUT2D eigenvalue weighted by molar-refractivity contribution is -0.145. The Morgan fingerprint density at radius 3 is 2.74 bits per heavy atom. The first-order valence-electron chi connectivity index (χ1n) is 14.6. The summed E-state index contributed by atoms with van der Waals surface area (Å²) in [7, 11) is -4.25. The molecule has 2 saturated heterocycles. The number of H-pyrrole nitrogens is 1. The first kappa shape index (κ1) is 29.8. The summed E-state index contributed by atoms with van der Waals surface area (Å²) in [5, 5.41) is 21.5. The van der Waals surface area contributed by atoms with E-state index in [-0.39, 0.29) is 42.1 Å². The summed E-state index contributed by atoms with van der Waals surface area (Å²) in [6.45, 7) is 0.333. The molecule has 0 radical (unpaired) electrons. The van der Waals surface area contributed by atoms with Crippen LogP contribution in [0.1, 0.15) is 37.7 Å². The minimum absolute atomic E-state index is 0.0507. The predicted molar refractivity (Wildman–Crippen MR) is 155 cm³/mol. The van der Waals surface area contributed by atoms with Crippen LogP contribution in [0.3, 0.4) is 0 Å². The van der Waals surface area contributed by atoms with Crippen LogP contribution in [0.5, 0.6) is 0 Å². The van der Waals surface area contributed by atoms with Crippen LogP contribution in [0.4, 0.5) is 10.6 Å². The van der Waals surface area contributed by atoms with E-state index in [1.54, 1.807) is 6.07 Å². The van der Waals surface area contributed by atoms with Crippen molar-refractivity contribution < 1.29 is 37.4 Å². The minimum atomic E-state index is -4.25. The van der Waals surface area contributed by atoms with E-state index in [0.29, 0.717) is 30.4 Å². The van der Waals surface area contributed by atoms with Gasteiger partial charge in [0.15, 0.2) is 12.1 Å². The topological polar surface area (TPSA) is 178 Å². The number of aromatic nitrogens is 2. The number of carbonyl (C=O) groups is 1. The normalized spacial score (nSPS) is 23.9. The standard InChI is InChI=1S/C29H37N5O8S/c30-27-22-15-20(10-11-23(22)32-33-27)43(37,38)34(42-19-8-4-5-9-19)16-25(35)24(14-18-6-2-1-3-7-18)31-29(36)41-26-17-40-28-21(26)12-13-39-28/h1-3,6-7,10-11,15,19,21,24-26,28,35H,4-5,8-9,12-14,16-17H2,(H,31,36)(H3,30,32,33)/t21-,24-,25+,26-,28+/m0/s1. The molecule has 1 saturated carbocycles. The summed E-state index contributed by atoms with van der Waals surface area (Å²) in [6.07, 6.45) is 0.915. The molecule has 3 aliphatic rings. The van der Waals surface area contributed by atoms with E-state index in [4.69, 9.17) is 24.8 Å². The molecule has 3 aromatic rings. The number of nitrogens with one attached hydrogen (secondary N) is 2. The Morgan fingerprint density at radius 1 is 1.16 bits per heavy atom. The van der Waals surface area contributed by atoms with Crippen LogP contribution < -0.4 is 11.1 Å². The minimum Gasteiger partial charge on any atom is -0.443 e. The predicted octanol–water partition coefficient (Wildman–Crippen LogP) is 2.47. The molecule has 1 aromatic heterocycles. The molecule has 13 nitrogen and oxygen atoms in total. The van der Waals surface area contributed by atoms with Crippen LogP contribution in [0, 0.1) is 5.92 Å². The zero-order valence-electron chi connectivity index (χ0n) is 23.6. The fraction of sp³-hybridized carbons (Fsp3) is 0.517. The van der Waals surface area contributed by atoms with Crippen LogP contribution in [0.2, 0.25) is 0 Å². The molecule has 3 fully saturated rings. The number of rotatable bonds is 11. The second-order valence-corrected chi connectivity index (χ2v) is 13.1. The molecule has 0 spiro atoms. The second-order valence-electron chi connectivity index (χ2n) is 11.3. The Hall–Kier alpha value is -3.27. The highest BCUT2D eigenvalue weighted by atomic mass is 32.2. The Kier molecular flexibility index (Phi) is 8.84. The quantitative estimate of drug-likeness (QED) is 0.234. The van der Waals surface area contributed by atoms with Gasteiger partial charge in [-0.2, -0.15) is 5.10 Å². The number of nitrogen functional groups attached to an aromatic ring is 1. The van der Waals surface area contributed by atoms with Crippen LogP contribution in [0.25, 0.3) is 10.9 Å². The highest BCUT2D eigenvalue weighted by molar-refractivity contribution is 7.89. The van der Waals surface area contributed by atoms with Gasteiger partial charge in [0.25, 0.3) is 10.0 Å². The number of nitrogens with two attached hydrogens (primary N) is 1. The molecule has 232 valence electrons. The largest absolute Gasteiger partial charge is 0.443 e. The van der Waals surface area contributed by atoms with E-state index in [1.807, 2.05) is 30.3 Å². The highest BCUT2D eigenvalue weighted by Gasteiger charge is 2.44. The molecule has 6 rings (SSSR count). The average Bonchev–Trinajstić information content (AvgIpc) is 3.81. The van der Waals surface area contributed by atoms with Gasteiger partial charge in [-0.25, -0.2) is 13.2 Å². The Bertz CT molecular complexity index is 1510. The van der Waals surface area contributed by atoms with Crippen molar-refractivity contribution in [2.24, 2.45) is 5.92 Å². The van der Waals surface area contributed by atoms with Crippen molar-refractivity contribution in [1.29, 1.82) is 0 Å². The summed E-state index contributed by atoms with van der Waals surface area (Å²) >= 11 is 0. The Balaban J connectivity index is 1.23. The van der Waals surface area contributed by atoms with Gasteiger partial charge in [-0.15, -0.1) is 0 Å². The van der Waals surface area contributed by atoms with Gasteiger partial charge in [0, 0.05) is 5.39 Å². The number of aliphatic hydroxyl groups is 1. The molecular weight excluding hydrogens is 578 g/mol. The highest BCUT2D eigenvalue weighted by Crippen LogP contribution is 2.33. The van der Waals surface area contributed by atoms with Gasteiger partial charge in [0.05, 0.1) is 54.3 Å². The molecule has 14 heteroatoms. The number of hydroxylamine groups is 1. The summed E-state index contributed by atoms with van der Waals surface area (Å²) in [6, 6.07) is 12.9. The summed E-state index contributed by atoms with van der Waals surface area (Å²) < 4.78 is 45.5. The maximum atomic E-state index is 14.0. The van der Waals surface area contributed by atoms with Gasteiger partial charge in [-0.1, -0.05) is 47.6 Å². The lowest BCUT2D eigenvalue weighted by Gasteiger charge is -2.31. The number of anilines is 1. The molecule has 0 bridgehead atoms. The fourth-order valence-corrected chi connectivity index (χ4v) is 7.28. The summed E-state index contributed by atoms with van der Waals surface area (Å²) in [5.41, 5.74) is 7.37. The van der Waals surface area contributed by atoms with Crippen molar-refractivity contribution in [3.8, 4) is 0 Å². The van der Waals surface area contributed by atoms with E-state index >= 15 is 0 Å². The van der Waals surface area contributed by atoms with Crippen LogP contribution in [-0.4, -0.2) is 84.7 Å². The zero-order chi connectivity index (χ0) is 30.0. The van der Waals surface area contributed by atoms with Crippen molar-refractivity contribution in [1.82, 2.24) is 20.0 Å². The maximum absolute atomic E-state index is 14.0. The van der Waals surface area contributed by atoms with Crippen LogP contribution >= 0.6 is 0 Å². The summed E-state index contributed by atoms with van der Waals surface area (Å²) in [4.78, 5) is 19.1. The number of carbonyl (C=O) groups excluding carboxylic acids is 1. The molecule has 43 heavy (non-hydrogen) atoms. The molecular formula is C29H37N5O8S. The van der Waals surface area contributed by atoms with Crippen LogP contribution in [-0.2, 0) is 35.5 Å². The molecule has 0 unspecified atom stereocenters. The number of amides is 1. The van der Waals surface area contributed by atoms with Gasteiger partial charge in [-0.05, 0) is 49.4 Å². The SMILES string of the molecule is Nc1n[nH]c2ccc(S(=O)(=O)N(C[C@@H](O)[C@H](Cc3ccccc3)NC(=O)O[C@H]3CO[C@H]4OCC[C@H]43)OC3CCCC3)cc12. The lowest BCUT2D eigenvalue weighted by Crippen LogP contribution is -2.51. The van der Waals surface area contributed by atoms with Crippen molar-refractivity contribution >= 4 is 32.8 Å². The van der Waals surface area contributed by atoms with E-state index in [2.05, 4.69) is 15.5 Å². The zero-order valence-corrected chi connectivity index (χ0v) is 24.4. The number of hydrogen-bond donors (Lipinski definition) is 4. The van der Waals surface area contributed by atoms with Crippen molar-refractivity contribution in [2.75, 3.05) is 25.5 Å². The smallest absolute Gasteiger partial charge is 0.407 e. The Morgan fingerprint density at radius 2 is 1.95 bits per heavy atom. The molecule has 2 aliphatic heterocycles. The molecule has 1 aliphatic carbocycles. The van der Waals surface area contributed by atoms with Crippen molar-refractivity contribution in [2.45, 2.75) is 74.1 Å². The number of alkyl carbamates (subject to hydrolysis) is 1. The van der Waals surface area contributed by atoms with Crippen molar-refractivity contribution in [3.63, 3.8) is 0 Å². The molecule has 3 heterocycles. The third kappa shape index (κ3) is 6.64. The number of benzene rings is 2. The monoisotopic (exact) mass is 615 g/mol.